The minimum atomic E-state index is -0.0290. The number of amides is 1. The van der Waals surface area contributed by atoms with Crippen molar-refractivity contribution < 1.29 is 9.32 Å². The Morgan fingerprint density at radius 1 is 1.27 bits per heavy atom. The summed E-state index contributed by atoms with van der Waals surface area (Å²) in [6, 6.07) is 12.4. The van der Waals surface area contributed by atoms with Crippen LogP contribution in [-0.2, 0) is 11.3 Å². The third-order valence-electron chi connectivity index (χ3n) is 4.77. The molecule has 5 nitrogen and oxygen atoms in total. The summed E-state index contributed by atoms with van der Waals surface area (Å²) in [5, 5.41) is 6.04. The predicted octanol–water partition coefficient (Wildman–Crippen LogP) is 4.44. The van der Waals surface area contributed by atoms with E-state index in [9.17, 15) is 4.79 Å². The van der Waals surface area contributed by atoms with Crippen LogP contribution in [0.5, 0.6) is 0 Å². The standard InChI is InChI=1S/C20H21N3O2S/c1-13(2)15-7-5-14(6-8-15)11-23-12-16(10-18(23)24)20-21-19(22-25-20)17-4-3-9-26-17/h3-9,13,16H,10-12H2,1-2H3. The van der Waals surface area contributed by atoms with Gasteiger partial charge in [0.15, 0.2) is 0 Å². The van der Waals surface area contributed by atoms with Gasteiger partial charge >= 0.3 is 0 Å². The highest BCUT2D eigenvalue weighted by Gasteiger charge is 2.34. The van der Waals surface area contributed by atoms with E-state index in [1.807, 2.05) is 22.4 Å². The molecule has 134 valence electrons. The zero-order valence-electron chi connectivity index (χ0n) is 14.9. The van der Waals surface area contributed by atoms with Crippen LogP contribution in [0.3, 0.4) is 0 Å². The second-order valence-electron chi connectivity index (χ2n) is 7.01. The molecule has 6 heteroatoms. The lowest BCUT2D eigenvalue weighted by Crippen LogP contribution is -2.24. The Morgan fingerprint density at radius 3 is 2.77 bits per heavy atom. The summed E-state index contributed by atoms with van der Waals surface area (Å²) in [7, 11) is 0. The van der Waals surface area contributed by atoms with Crippen molar-refractivity contribution in [1.29, 1.82) is 0 Å². The molecule has 1 fully saturated rings. The van der Waals surface area contributed by atoms with Gasteiger partial charge in [-0.2, -0.15) is 4.98 Å². The number of thiophene rings is 1. The van der Waals surface area contributed by atoms with Gasteiger partial charge in [0.2, 0.25) is 17.6 Å². The number of hydrogen-bond donors (Lipinski definition) is 0. The molecule has 1 aliphatic heterocycles. The third-order valence-corrected chi connectivity index (χ3v) is 5.63. The maximum atomic E-state index is 12.4. The fourth-order valence-corrected chi connectivity index (χ4v) is 3.87. The van der Waals surface area contributed by atoms with Crippen LogP contribution in [0, 0.1) is 0 Å². The summed E-state index contributed by atoms with van der Waals surface area (Å²) in [5.74, 6) is 1.78. The number of nitrogens with zero attached hydrogens (tertiary/aromatic N) is 3. The van der Waals surface area contributed by atoms with Crippen LogP contribution in [0.15, 0.2) is 46.3 Å². The average molecular weight is 367 g/mol. The molecule has 1 aliphatic rings. The van der Waals surface area contributed by atoms with Crippen molar-refractivity contribution in [2.75, 3.05) is 6.54 Å². The molecule has 0 saturated carbocycles. The van der Waals surface area contributed by atoms with Crippen LogP contribution >= 0.6 is 11.3 Å². The highest BCUT2D eigenvalue weighted by molar-refractivity contribution is 7.13. The van der Waals surface area contributed by atoms with Crippen molar-refractivity contribution in [2.24, 2.45) is 0 Å². The van der Waals surface area contributed by atoms with Gasteiger partial charge in [-0.25, -0.2) is 0 Å². The van der Waals surface area contributed by atoms with Gasteiger partial charge in [-0.05, 0) is 28.5 Å². The van der Waals surface area contributed by atoms with Crippen molar-refractivity contribution in [3.05, 3.63) is 58.8 Å². The summed E-state index contributed by atoms with van der Waals surface area (Å²) < 4.78 is 5.43. The van der Waals surface area contributed by atoms with Crippen LogP contribution < -0.4 is 0 Å². The van der Waals surface area contributed by atoms with Crippen molar-refractivity contribution in [3.8, 4) is 10.7 Å². The van der Waals surface area contributed by atoms with Crippen molar-refractivity contribution in [2.45, 2.75) is 38.6 Å². The molecule has 2 aromatic heterocycles. The van der Waals surface area contributed by atoms with Crippen molar-refractivity contribution in [3.63, 3.8) is 0 Å². The van der Waals surface area contributed by atoms with E-state index in [4.69, 9.17) is 4.52 Å². The molecule has 1 atom stereocenters. The zero-order chi connectivity index (χ0) is 18.1. The fourth-order valence-electron chi connectivity index (χ4n) is 3.23. The SMILES string of the molecule is CC(C)c1ccc(CN2CC(c3nc(-c4cccs4)no3)CC2=O)cc1. The average Bonchev–Trinajstić information content (AvgIpc) is 3.36. The van der Waals surface area contributed by atoms with Crippen molar-refractivity contribution in [1.82, 2.24) is 15.0 Å². The fraction of sp³-hybridized carbons (Fsp3) is 0.350. The van der Waals surface area contributed by atoms with E-state index in [1.165, 1.54) is 5.56 Å². The molecule has 0 spiro atoms. The topological polar surface area (TPSA) is 59.2 Å². The minimum absolute atomic E-state index is 0.0290. The molecule has 0 radical (unpaired) electrons. The first-order valence-corrected chi connectivity index (χ1v) is 9.72. The lowest BCUT2D eigenvalue weighted by Gasteiger charge is -2.16. The van der Waals surface area contributed by atoms with E-state index in [-0.39, 0.29) is 11.8 Å². The predicted molar refractivity (Wildman–Crippen MR) is 101 cm³/mol. The van der Waals surface area contributed by atoms with Gasteiger partial charge in [0.1, 0.15) is 0 Å². The highest BCUT2D eigenvalue weighted by Crippen LogP contribution is 2.30. The molecule has 4 rings (SSSR count). The molecule has 0 N–H and O–H groups in total. The van der Waals surface area contributed by atoms with Gasteiger partial charge in [-0.15, -0.1) is 11.3 Å². The Morgan fingerprint density at radius 2 is 2.08 bits per heavy atom. The number of carbonyl (C=O) groups excluding carboxylic acids is 1. The normalized spacial score (nSPS) is 17.4. The molecular weight excluding hydrogens is 346 g/mol. The quantitative estimate of drug-likeness (QED) is 0.669. The molecule has 1 amide bonds. The second-order valence-corrected chi connectivity index (χ2v) is 7.95. The second kappa shape index (κ2) is 7.03. The van der Waals surface area contributed by atoms with Crippen LogP contribution in [0.2, 0.25) is 0 Å². The Balaban J connectivity index is 1.43. The molecule has 3 heterocycles. The number of benzene rings is 1. The summed E-state index contributed by atoms with van der Waals surface area (Å²) in [6.07, 6.45) is 0.427. The molecule has 1 unspecified atom stereocenters. The molecule has 26 heavy (non-hydrogen) atoms. The van der Waals surface area contributed by atoms with Crippen LogP contribution in [0.25, 0.3) is 10.7 Å². The van der Waals surface area contributed by atoms with Crippen LogP contribution in [0.1, 0.15) is 49.1 Å². The largest absolute Gasteiger partial charge is 0.339 e. The monoisotopic (exact) mass is 367 g/mol. The zero-order valence-corrected chi connectivity index (χ0v) is 15.7. The van der Waals surface area contributed by atoms with Gasteiger partial charge < -0.3 is 9.42 Å². The molecule has 0 bridgehead atoms. The number of hydrogen-bond acceptors (Lipinski definition) is 5. The first-order valence-electron chi connectivity index (χ1n) is 8.84. The van der Waals surface area contributed by atoms with Gasteiger partial charge in [-0.3, -0.25) is 4.79 Å². The van der Waals surface area contributed by atoms with Gasteiger partial charge in [0, 0.05) is 19.5 Å². The maximum Gasteiger partial charge on any atom is 0.232 e. The Labute approximate surface area is 156 Å². The first kappa shape index (κ1) is 17.0. The maximum absolute atomic E-state index is 12.4. The van der Waals surface area contributed by atoms with Crippen molar-refractivity contribution >= 4 is 17.2 Å². The smallest absolute Gasteiger partial charge is 0.232 e. The molecule has 1 aromatic carbocycles. The Hall–Kier alpha value is -2.47. The van der Waals surface area contributed by atoms with Gasteiger partial charge in [-0.1, -0.05) is 49.3 Å². The summed E-state index contributed by atoms with van der Waals surface area (Å²) in [6.45, 7) is 5.60. The lowest BCUT2D eigenvalue weighted by molar-refractivity contribution is -0.128. The lowest BCUT2D eigenvalue weighted by atomic mass is 10.0. The molecular formula is C20H21N3O2S. The highest BCUT2D eigenvalue weighted by atomic mass is 32.1. The van der Waals surface area contributed by atoms with E-state index in [0.717, 1.165) is 10.4 Å². The van der Waals surface area contributed by atoms with Gasteiger partial charge in [0.25, 0.3) is 0 Å². The minimum Gasteiger partial charge on any atom is -0.339 e. The van der Waals surface area contributed by atoms with E-state index in [0.29, 0.717) is 37.1 Å². The van der Waals surface area contributed by atoms with E-state index < -0.39 is 0 Å². The number of likely N-dealkylation sites (tertiary alicyclic amines) is 1. The van der Waals surface area contributed by atoms with E-state index in [1.54, 1.807) is 11.3 Å². The molecule has 3 aromatic rings. The number of carbonyl (C=O) groups is 1. The third kappa shape index (κ3) is 3.42. The van der Waals surface area contributed by atoms with Gasteiger partial charge in [0.05, 0.1) is 10.8 Å². The Bertz CT molecular complexity index is 884. The first-order chi connectivity index (χ1) is 12.6. The van der Waals surface area contributed by atoms with Crippen LogP contribution in [-0.4, -0.2) is 27.5 Å². The summed E-state index contributed by atoms with van der Waals surface area (Å²) >= 11 is 1.58. The van der Waals surface area contributed by atoms with Crippen LogP contribution in [0.4, 0.5) is 0 Å². The van der Waals surface area contributed by atoms with E-state index >= 15 is 0 Å². The van der Waals surface area contributed by atoms with E-state index in [2.05, 4.69) is 48.3 Å². The summed E-state index contributed by atoms with van der Waals surface area (Å²) in [4.78, 5) is 19.8. The number of rotatable bonds is 5. The molecule has 1 saturated heterocycles. The number of aromatic nitrogens is 2. The summed E-state index contributed by atoms with van der Waals surface area (Å²) in [5.41, 5.74) is 2.46. The molecule has 0 aliphatic carbocycles. The Kier molecular flexibility index (Phi) is 4.59.